The van der Waals surface area contributed by atoms with Gasteiger partial charge in [0.2, 0.25) is 0 Å². The zero-order valence-corrected chi connectivity index (χ0v) is 8.01. The molecule has 0 spiro atoms. The maximum Gasteiger partial charge on any atom is 0.147 e. The molecule has 0 saturated carbocycles. The Labute approximate surface area is 74.4 Å². The molecule has 1 rings (SSSR count). The third-order valence-electron chi connectivity index (χ3n) is 2.28. The minimum atomic E-state index is 0.354. The molecule has 0 aliphatic carbocycles. The van der Waals surface area contributed by atoms with Gasteiger partial charge in [-0.3, -0.25) is 0 Å². The molecule has 2 unspecified atom stereocenters. The topological polar surface area (TPSA) is 30.5 Å². The van der Waals surface area contributed by atoms with Gasteiger partial charge in [-0.05, 0) is 19.8 Å². The predicted octanol–water partition coefficient (Wildman–Crippen LogP) is 1.14. The third kappa shape index (κ3) is 3.52. The summed E-state index contributed by atoms with van der Waals surface area (Å²) in [6.45, 7) is 6.64. The Morgan fingerprint density at radius 2 is 2.42 bits per heavy atom. The van der Waals surface area contributed by atoms with E-state index in [1.807, 2.05) is 0 Å². The molecule has 0 aromatic heterocycles. The SMILES string of the molecule is CCC(C)NCC1CCOCO1. The van der Waals surface area contributed by atoms with Gasteiger partial charge in [0.05, 0.1) is 12.7 Å². The zero-order chi connectivity index (χ0) is 8.81. The summed E-state index contributed by atoms with van der Waals surface area (Å²) in [6.07, 6.45) is 2.54. The summed E-state index contributed by atoms with van der Waals surface area (Å²) in [5.74, 6) is 0. The maximum absolute atomic E-state index is 5.39. The van der Waals surface area contributed by atoms with Crippen molar-refractivity contribution in [3.63, 3.8) is 0 Å². The van der Waals surface area contributed by atoms with Crippen LogP contribution in [0.15, 0.2) is 0 Å². The average molecular weight is 173 g/mol. The lowest BCUT2D eigenvalue weighted by atomic mass is 10.2. The molecule has 0 aromatic carbocycles. The summed E-state index contributed by atoms with van der Waals surface area (Å²) >= 11 is 0. The van der Waals surface area contributed by atoms with Crippen LogP contribution in [0, 0.1) is 0 Å². The summed E-state index contributed by atoms with van der Waals surface area (Å²) in [4.78, 5) is 0. The van der Waals surface area contributed by atoms with E-state index in [1.54, 1.807) is 0 Å². The maximum atomic E-state index is 5.39. The van der Waals surface area contributed by atoms with E-state index in [-0.39, 0.29) is 0 Å². The van der Waals surface area contributed by atoms with Crippen molar-refractivity contribution in [3.8, 4) is 0 Å². The van der Waals surface area contributed by atoms with Crippen LogP contribution in [-0.2, 0) is 9.47 Å². The summed E-state index contributed by atoms with van der Waals surface area (Å²) in [5.41, 5.74) is 0. The molecule has 1 saturated heterocycles. The van der Waals surface area contributed by atoms with Crippen molar-refractivity contribution >= 4 is 0 Å². The molecule has 0 bridgehead atoms. The third-order valence-corrected chi connectivity index (χ3v) is 2.28. The number of hydrogen-bond acceptors (Lipinski definition) is 3. The molecule has 12 heavy (non-hydrogen) atoms. The lowest BCUT2D eigenvalue weighted by molar-refractivity contribution is -0.137. The summed E-state index contributed by atoms with van der Waals surface area (Å²) in [5, 5.41) is 3.42. The molecule has 1 aliphatic rings. The molecular weight excluding hydrogens is 154 g/mol. The molecule has 72 valence electrons. The second-order valence-electron chi connectivity index (χ2n) is 3.32. The Morgan fingerprint density at radius 3 is 3.00 bits per heavy atom. The van der Waals surface area contributed by atoms with Crippen molar-refractivity contribution in [2.45, 2.75) is 38.8 Å². The minimum Gasteiger partial charge on any atom is -0.355 e. The first-order valence-electron chi connectivity index (χ1n) is 4.75. The van der Waals surface area contributed by atoms with Crippen LogP contribution in [0.5, 0.6) is 0 Å². The largest absolute Gasteiger partial charge is 0.355 e. The van der Waals surface area contributed by atoms with Crippen LogP contribution in [0.1, 0.15) is 26.7 Å². The lowest BCUT2D eigenvalue weighted by Gasteiger charge is -2.24. The summed E-state index contributed by atoms with van der Waals surface area (Å²) in [6, 6.07) is 0.594. The van der Waals surface area contributed by atoms with Crippen molar-refractivity contribution in [2.75, 3.05) is 19.9 Å². The van der Waals surface area contributed by atoms with Gasteiger partial charge in [0.1, 0.15) is 6.79 Å². The monoisotopic (exact) mass is 173 g/mol. The Balaban J connectivity index is 2.05. The first-order chi connectivity index (χ1) is 5.83. The van der Waals surface area contributed by atoms with E-state index in [0.717, 1.165) is 19.6 Å². The fourth-order valence-electron chi connectivity index (χ4n) is 1.14. The fourth-order valence-corrected chi connectivity index (χ4v) is 1.14. The molecule has 1 fully saturated rings. The van der Waals surface area contributed by atoms with Crippen LogP contribution in [-0.4, -0.2) is 32.1 Å². The van der Waals surface area contributed by atoms with Gasteiger partial charge in [-0.25, -0.2) is 0 Å². The lowest BCUT2D eigenvalue weighted by Crippen LogP contribution is -2.37. The van der Waals surface area contributed by atoms with Gasteiger partial charge in [-0.15, -0.1) is 0 Å². The van der Waals surface area contributed by atoms with Crippen molar-refractivity contribution in [1.82, 2.24) is 5.32 Å². The van der Waals surface area contributed by atoms with Crippen LogP contribution in [0.3, 0.4) is 0 Å². The highest BCUT2D eigenvalue weighted by Gasteiger charge is 2.13. The van der Waals surface area contributed by atoms with E-state index in [4.69, 9.17) is 9.47 Å². The van der Waals surface area contributed by atoms with Gasteiger partial charge in [-0.2, -0.15) is 0 Å². The fraction of sp³-hybridized carbons (Fsp3) is 1.00. The van der Waals surface area contributed by atoms with Crippen molar-refractivity contribution in [3.05, 3.63) is 0 Å². The van der Waals surface area contributed by atoms with E-state index in [1.165, 1.54) is 6.42 Å². The van der Waals surface area contributed by atoms with E-state index in [2.05, 4.69) is 19.2 Å². The molecule has 0 radical (unpaired) electrons. The molecule has 1 heterocycles. The standard InChI is InChI=1S/C9H19NO2/c1-3-8(2)10-6-9-4-5-11-7-12-9/h8-10H,3-7H2,1-2H3. The van der Waals surface area contributed by atoms with Crippen molar-refractivity contribution in [2.24, 2.45) is 0 Å². The average Bonchev–Trinajstić information content (AvgIpc) is 2.16. The normalized spacial score (nSPS) is 27.0. The van der Waals surface area contributed by atoms with Gasteiger partial charge in [0.25, 0.3) is 0 Å². The summed E-state index contributed by atoms with van der Waals surface area (Å²) < 4.78 is 10.5. The number of hydrogen-bond donors (Lipinski definition) is 1. The Bertz CT molecular complexity index is 113. The van der Waals surface area contributed by atoms with Gasteiger partial charge >= 0.3 is 0 Å². The number of rotatable bonds is 4. The molecule has 1 N–H and O–H groups in total. The molecule has 0 amide bonds. The quantitative estimate of drug-likeness (QED) is 0.691. The minimum absolute atomic E-state index is 0.354. The molecular formula is C9H19NO2. The smallest absolute Gasteiger partial charge is 0.147 e. The summed E-state index contributed by atoms with van der Waals surface area (Å²) in [7, 11) is 0. The first-order valence-corrected chi connectivity index (χ1v) is 4.75. The van der Waals surface area contributed by atoms with Gasteiger partial charge in [0, 0.05) is 12.6 Å². The Kier molecular flexibility index (Phi) is 4.58. The second-order valence-corrected chi connectivity index (χ2v) is 3.32. The molecule has 3 heteroatoms. The highest BCUT2D eigenvalue weighted by atomic mass is 16.7. The van der Waals surface area contributed by atoms with E-state index in [0.29, 0.717) is 18.9 Å². The van der Waals surface area contributed by atoms with Gasteiger partial charge < -0.3 is 14.8 Å². The highest BCUT2D eigenvalue weighted by molar-refractivity contribution is 4.66. The van der Waals surface area contributed by atoms with Crippen LogP contribution in [0.2, 0.25) is 0 Å². The van der Waals surface area contributed by atoms with E-state index in [9.17, 15) is 0 Å². The van der Waals surface area contributed by atoms with Gasteiger partial charge in [0.15, 0.2) is 0 Å². The van der Waals surface area contributed by atoms with Crippen molar-refractivity contribution in [1.29, 1.82) is 0 Å². The zero-order valence-electron chi connectivity index (χ0n) is 8.01. The predicted molar refractivity (Wildman–Crippen MR) is 48.1 cm³/mol. The van der Waals surface area contributed by atoms with Gasteiger partial charge in [-0.1, -0.05) is 6.92 Å². The van der Waals surface area contributed by atoms with E-state index < -0.39 is 0 Å². The Morgan fingerprint density at radius 1 is 1.58 bits per heavy atom. The molecule has 3 nitrogen and oxygen atoms in total. The van der Waals surface area contributed by atoms with Crippen LogP contribution < -0.4 is 5.32 Å². The highest BCUT2D eigenvalue weighted by Crippen LogP contribution is 2.04. The van der Waals surface area contributed by atoms with Crippen LogP contribution in [0.4, 0.5) is 0 Å². The first kappa shape index (κ1) is 9.96. The van der Waals surface area contributed by atoms with Crippen LogP contribution >= 0.6 is 0 Å². The van der Waals surface area contributed by atoms with Crippen LogP contribution in [0.25, 0.3) is 0 Å². The molecule has 0 aromatic rings. The molecule has 2 atom stereocenters. The van der Waals surface area contributed by atoms with E-state index >= 15 is 0 Å². The Hall–Kier alpha value is -0.120. The number of nitrogens with one attached hydrogen (secondary N) is 1. The van der Waals surface area contributed by atoms with Crippen molar-refractivity contribution < 1.29 is 9.47 Å². The molecule has 1 aliphatic heterocycles. The number of ether oxygens (including phenoxy) is 2. The second kappa shape index (κ2) is 5.51.